The number of imidazole rings is 1. The molecule has 0 fully saturated rings. The van der Waals surface area contributed by atoms with Crippen LogP contribution in [0.1, 0.15) is 36.2 Å². The third-order valence-corrected chi connectivity index (χ3v) is 6.00. The summed E-state index contributed by atoms with van der Waals surface area (Å²) in [6, 6.07) is 26.2. The SMILES string of the molecule is Cc1ccccc1OCCn1c(CCCCCNC(=O)/C=C/c2ccccc2)nc2ccccc21. The van der Waals surface area contributed by atoms with Crippen LogP contribution >= 0.6 is 0 Å². The molecular weight excluding hydrogens is 434 g/mol. The van der Waals surface area contributed by atoms with Crippen LogP contribution in [0.5, 0.6) is 5.75 Å². The van der Waals surface area contributed by atoms with Gasteiger partial charge in [-0.2, -0.15) is 0 Å². The Balaban J connectivity index is 1.24. The van der Waals surface area contributed by atoms with Gasteiger partial charge in [-0.05, 0) is 55.2 Å². The summed E-state index contributed by atoms with van der Waals surface area (Å²) in [6.07, 6.45) is 7.34. The molecule has 0 aliphatic carbocycles. The fourth-order valence-corrected chi connectivity index (χ4v) is 4.12. The number of rotatable bonds is 12. The number of aromatic nitrogens is 2. The third-order valence-electron chi connectivity index (χ3n) is 6.00. The summed E-state index contributed by atoms with van der Waals surface area (Å²) in [7, 11) is 0. The number of nitrogens with zero attached hydrogens (tertiary/aromatic N) is 2. The van der Waals surface area contributed by atoms with Crippen LogP contribution in [0, 0.1) is 6.92 Å². The molecule has 4 aromatic rings. The molecule has 35 heavy (non-hydrogen) atoms. The first-order valence-electron chi connectivity index (χ1n) is 12.3. The Morgan fingerprint density at radius 3 is 2.57 bits per heavy atom. The largest absolute Gasteiger partial charge is 0.491 e. The number of unbranched alkanes of at least 4 members (excludes halogenated alkanes) is 2. The summed E-state index contributed by atoms with van der Waals surface area (Å²) < 4.78 is 8.33. The molecule has 0 atom stereocenters. The molecule has 0 aliphatic heterocycles. The van der Waals surface area contributed by atoms with E-state index in [2.05, 4.69) is 41.1 Å². The Bertz CT molecular complexity index is 1260. The van der Waals surface area contributed by atoms with Gasteiger partial charge in [0.05, 0.1) is 17.6 Å². The Labute approximate surface area is 207 Å². The minimum Gasteiger partial charge on any atom is -0.491 e. The van der Waals surface area contributed by atoms with Crippen LogP contribution in [0.3, 0.4) is 0 Å². The number of carbonyl (C=O) groups is 1. The molecule has 0 spiro atoms. The molecule has 5 heteroatoms. The summed E-state index contributed by atoms with van der Waals surface area (Å²) >= 11 is 0. The van der Waals surface area contributed by atoms with Crippen molar-refractivity contribution < 1.29 is 9.53 Å². The van der Waals surface area contributed by atoms with Gasteiger partial charge in [0.1, 0.15) is 18.2 Å². The molecule has 1 aromatic heterocycles. The quantitative estimate of drug-likeness (QED) is 0.206. The minimum absolute atomic E-state index is 0.0516. The standard InChI is InChI=1S/C30H33N3O2/c1-24-12-7-10-17-28(24)35-23-22-33-27-16-9-8-15-26(27)32-29(33)18-6-3-11-21-31-30(34)20-19-25-13-4-2-5-14-25/h2,4-5,7-10,12-17,19-20H,3,6,11,18,21-23H2,1H3,(H,31,34)/b20-19+. The second-order valence-electron chi connectivity index (χ2n) is 8.63. The van der Waals surface area contributed by atoms with E-state index in [1.165, 1.54) is 0 Å². The predicted molar refractivity (Wildman–Crippen MR) is 142 cm³/mol. The summed E-state index contributed by atoms with van der Waals surface area (Å²) in [6.45, 7) is 4.10. The van der Waals surface area contributed by atoms with Gasteiger partial charge in [-0.3, -0.25) is 4.79 Å². The number of para-hydroxylation sites is 3. The molecule has 1 N–H and O–H groups in total. The molecule has 0 radical (unpaired) electrons. The topological polar surface area (TPSA) is 56.1 Å². The molecule has 0 unspecified atom stereocenters. The van der Waals surface area contributed by atoms with Crippen molar-refractivity contribution in [3.8, 4) is 5.75 Å². The number of hydrogen-bond donors (Lipinski definition) is 1. The van der Waals surface area contributed by atoms with Crippen LogP contribution < -0.4 is 10.1 Å². The number of carbonyl (C=O) groups excluding carboxylic acids is 1. The lowest BCUT2D eigenvalue weighted by molar-refractivity contribution is -0.116. The van der Waals surface area contributed by atoms with E-state index in [0.717, 1.165) is 66.0 Å². The average Bonchev–Trinajstić information content (AvgIpc) is 3.24. The van der Waals surface area contributed by atoms with Gasteiger partial charge in [0, 0.05) is 19.0 Å². The van der Waals surface area contributed by atoms with Crippen molar-refractivity contribution in [3.05, 3.63) is 102 Å². The highest BCUT2D eigenvalue weighted by Gasteiger charge is 2.10. The summed E-state index contributed by atoms with van der Waals surface area (Å²) in [5.41, 5.74) is 4.34. The highest BCUT2D eigenvalue weighted by atomic mass is 16.5. The molecule has 180 valence electrons. The van der Waals surface area contributed by atoms with Crippen molar-refractivity contribution in [1.82, 2.24) is 14.9 Å². The molecule has 1 heterocycles. The average molecular weight is 468 g/mol. The molecule has 5 nitrogen and oxygen atoms in total. The fraction of sp³-hybridized carbons (Fsp3) is 0.267. The van der Waals surface area contributed by atoms with E-state index in [-0.39, 0.29) is 5.91 Å². The zero-order valence-electron chi connectivity index (χ0n) is 20.3. The molecule has 4 rings (SSSR count). The van der Waals surface area contributed by atoms with E-state index in [4.69, 9.17) is 9.72 Å². The lowest BCUT2D eigenvalue weighted by Crippen LogP contribution is -2.22. The molecule has 0 saturated carbocycles. The van der Waals surface area contributed by atoms with Crippen LogP contribution in [0.15, 0.2) is 84.9 Å². The van der Waals surface area contributed by atoms with Crippen LogP contribution in [0.2, 0.25) is 0 Å². The second-order valence-corrected chi connectivity index (χ2v) is 8.63. The van der Waals surface area contributed by atoms with Crippen molar-refractivity contribution >= 4 is 23.0 Å². The summed E-state index contributed by atoms with van der Waals surface area (Å²) in [5, 5.41) is 2.97. The van der Waals surface area contributed by atoms with Gasteiger partial charge in [-0.25, -0.2) is 4.98 Å². The van der Waals surface area contributed by atoms with Gasteiger partial charge in [-0.1, -0.05) is 67.1 Å². The maximum absolute atomic E-state index is 12.0. The van der Waals surface area contributed by atoms with E-state index in [9.17, 15) is 4.79 Å². The van der Waals surface area contributed by atoms with Crippen molar-refractivity contribution in [2.45, 2.75) is 39.2 Å². The molecule has 0 bridgehead atoms. The number of hydrogen-bond acceptors (Lipinski definition) is 3. The molecule has 1 amide bonds. The van der Waals surface area contributed by atoms with E-state index >= 15 is 0 Å². The van der Waals surface area contributed by atoms with Crippen LogP contribution in [-0.4, -0.2) is 28.6 Å². The van der Waals surface area contributed by atoms with Crippen molar-refractivity contribution in [3.63, 3.8) is 0 Å². The first-order chi connectivity index (χ1) is 17.2. The first kappa shape index (κ1) is 24.3. The van der Waals surface area contributed by atoms with Crippen LogP contribution in [0.4, 0.5) is 0 Å². The van der Waals surface area contributed by atoms with E-state index in [1.54, 1.807) is 6.08 Å². The van der Waals surface area contributed by atoms with Gasteiger partial charge in [-0.15, -0.1) is 0 Å². The number of benzene rings is 3. The van der Waals surface area contributed by atoms with Gasteiger partial charge in [0.2, 0.25) is 5.91 Å². The molecule has 0 saturated heterocycles. The van der Waals surface area contributed by atoms with E-state index in [1.807, 2.05) is 60.7 Å². The second kappa shape index (κ2) is 12.6. The number of nitrogens with one attached hydrogen (secondary N) is 1. The van der Waals surface area contributed by atoms with Crippen molar-refractivity contribution in [2.75, 3.05) is 13.2 Å². The van der Waals surface area contributed by atoms with Gasteiger partial charge < -0.3 is 14.6 Å². The third kappa shape index (κ3) is 7.06. The Hall–Kier alpha value is -3.86. The number of amides is 1. The van der Waals surface area contributed by atoms with Crippen LogP contribution in [0.25, 0.3) is 17.1 Å². The Morgan fingerprint density at radius 2 is 1.71 bits per heavy atom. The van der Waals surface area contributed by atoms with Crippen LogP contribution in [-0.2, 0) is 17.8 Å². The smallest absolute Gasteiger partial charge is 0.243 e. The fourth-order valence-electron chi connectivity index (χ4n) is 4.12. The predicted octanol–water partition coefficient (Wildman–Crippen LogP) is 5.97. The lowest BCUT2D eigenvalue weighted by atomic mass is 10.2. The minimum atomic E-state index is -0.0516. The lowest BCUT2D eigenvalue weighted by Gasteiger charge is -2.12. The zero-order chi connectivity index (χ0) is 24.3. The maximum atomic E-state index is 12.0. The number of ether oxygens (including phenoxy) is 1. The Kier molecular flexibility index (Phi) is 8.71. The molecule has 3 aromatic carbocycles. The molecular formula is C30H33N3O2. The van der Waals surface area contributed by atoms with Crippen molar-refractivity contribution in [1.29, 1.82) is 0 Å². The summed E-state index contributed by atoms with van der Waals surface area (Å²) in [4.78, 5) is 16.9. The highest BCUT2D eigenvalue weighted by molar-refractivity contribution is 5.91. The zero-order valence-corrected chi connectivity index (χ0v) is 20.3. The van der Waals surface area contributed by atoms with E-state index < -0.39 is 0 Å². The Morgan fingerprint density at radius 1 is 0.943 bits per heavy atom. The van der Waals surface area contributed by atoms with E-state index in [0.29, 0.717) is 13.2 Å². The molecule has 0 aliphatic rings. The monoisotopic (exact) mass is 467 g/mol. The summed E-state index contributed by atoms with van der Waals surface area (Å²) in [5.74, 6) is 1.97. The maximum Gasteiger partial charge on any atom is 0.243 e. The number of aryl methyl sites for hydroxylation is 2. The first-order valence-corrected chi connectivity index (χ1v) is 12.3. The van der Waals surface area contributed by atoms with Gasteiger partial charge >= 0.3 is 0 Å². The number of fused-ring (bicyclic) bond motifs is 1. The van der Waals surface area contributed by atoms with Gasteiger partial charge in [0.15, 0.2) is 0 Å². The van der Waals surface area contributed by atoms with Crippen molar-refractivity contribution in [2.24, 2.45) is 0 Å². The highest BCUT2D eigenvalue weighted by Crippen LogP contribution is 2.19. The van der Waals surface area contributed by atoms with Gasteiger partial charge in [0.25, 0.3) is 0 Å². The normalized spacial score (nSPS) is 11.2.